The Morgan fingerprint density at radius 3 is 2.56 bits per heavy atom. The minimum absolute atomic E-state index is 0.442. The third-order valence-electron chi connectivity index (χ3n) is 2.91. The first-order valence-electron chi connectivity index (χ1n) is 5.71. The molecule has 0 saturated heterocycles. The van der Waals surface area contributed by atoms with Crippen LogP contribution in [0.1, 0.15) is 16.9 Å². The van der Waals surface area contributed by atoms with Gasteiger partial charge in [0.1, 0.15) is 0 Å². The second-order valence-corrected chi connectivity index (χ2v) is 6.53. The smallest absolute Gasteiger partial charge is 0.0955 e. The molecule has 2 aromatic rings. The van der Waals surface area contributed by atoms with E-state index in [-0.39, 0.29) is 0 Å². The molecule has 18 heavy (non-hydrogen) atoms. The van der Waals surface area contributed by atoms with E-state index in [0.717, 1.165) is 14.9 Å². The number of aliphatic hydroxyl groups is 1. The van der Waals surface area contributed by atoms with Crippen molar-refractivity contribution >= 4 is 38.9 Å². The molecule has 0 aliphatic rings. The first-order valence-corrected chi connectivity index (χ1v) is 7.91. The summed E-state index contributed by atoms with van der Waals surface area (Å²) >= 11 is 10.9. The zero-order chi connectivity index (χ0) is 13.0. The molecule has 96 valence electrons. The molecule has 2 rings (SSSR count). The lowest BCUT2D eigenvalue weighted by Crippen LogP contribution is -2.28. The molecule has 1 atom stereocenters. The summed E-state index contributed by atoms with van der Waals surface area (Å²) < 4.78 is 1.06. The van der Waals surface area contributed by atoms with Gasteiger partial charge in [-0.2, -0.15) is 0 Å². The third-order valence-corrected chi connectivity index (χ3v) is 4.79. The van der Waals surface area contributed by atoms with Crippen molar-refractivity contribution < 1.29 is 5.11 Å². The van der Waals surface area contributed by atoms with E-state index in [0.29, 0.717) is 18.7 Å². The molecule has 0 bridgehead atoms. The van der Waals surface area contributed by atoms with Crippen LogP contribution in [0.5, 0.6) is 0 Å². The van der Waals surface area contributed by atoms with Gasteiger partial charge >= 0.3 is 0 Å². The molecule has 0 spiro atoms. The molecule has 0 aliphatic carbocycles. The highest BCUT2D eigenvalue weighted by atomic mass is 79.9. The maximum Gasteiger partial charge on any atom is 0.0955 e. The fourth-order valence-corrected chi connectivity index (χ4v) is 3.84. The number of hydrogen-bond donors (Lipinski definition) is 1. The highest BCUT2D eigenvalue weighted by Crippen LogP contribution is 2.32. The fraction of sp³-hybridized carbons (Fsp3) is 0.286. The highest BCUT2D eigenvalue weighted by Gasteiger charge is 2.29. The Morgan fingerprint density at radius 2 is 2.00 bits per heavy atom. The van der Waals surface area contributed by atoms with Crippen LogP contribution in [0, 0.1) is 0 Å². The summed E-state index contributed by atoms with van der Waals surface area (Å²) in [6.07, 6.45) is 1.15. The number of benzene rings is 1. The Kier molecular flexibility index (Phi) is 4.84. The van der Waals surface area contributed by atoms with E-state index in [2.05, 4.69) is 15.9 Å². The van der Waals surface area contributed by atoms with E-state index in [4.69, 9.17) is 11.6 Å². The van der Waals surface area contributed by atoms with E-state index in [1.807, 2.05) is 41.8 Å². The Labute approximate surface area is 125 Å². The lowest BCUT2D eigenvalue weighted by molar-refractivity contribution is 0.0344. The quantitative estimate of drug-likeness (QED) is 0.787. The molecular weight excluding hydrogens is 332 g/mol. The van der Waals surface area contributed by atoms with Gasteiger partial charge in [0.2, 0.25) is 0 Å². The SMILES string of the molecule is OC(CCCl)(Cc1cc(Br)cs1)c1ccccc1. The summed E-state index contributed by atoms with van der Waals surface area (Å²) in [4.78, 5) is 1.15. The molecular formula is C14H14BrClOS. The van der Waals surface area contributed by atoms with Crippen molar-refractivity contribution in [2.75, 3.05) is 5.88 Å². The van der Waals surface area contributed by atoms with E-state index in [9.17, 15) is 5.11 Å². The predicted molar refractivity (Wildman–Crippen MR) is 81.4 cm³/mol. The van der Waals surface area contributed by atoms with Crippen LogP contribution < -0.4 is 0 Å². The standard InChI is InChI=1S/C14H14BrClOS/c15-12-8-13(18-10-12)9-14(17,6-7-16)11-4-2-1-3-5-11/h1-5,8,10,17H,6-7,9H2. The normalized spacial score (nSPS) is 14.4. The van der Waals surface area contributed by atoms with Gasteiger partial charge in [-0.05, 0) is 34.0 Å². The molecule has 1 heterocycles. The van der Waals surface area contributed by atoms with Crippen molar-refractivity contribution in [1.29, 1.82) is 0 Å². The largest absolute Gasteiger partial charge is 0.385 e. The topological polar surface area (TPSA) is 20.2 Å². The van der Waals surface area contributed by atoms with E-state index in [1.54, 1.807) is 11.3 Å². The molecule has 0 aliphatic heterocycles. The first kappa shape index (κ1) is 14.1. The molecule has 1 aromatic carbocycles. The summed E-state index contributed by atoms with van der Waals surface area (Å²) in [5.41, 5.74) is 0.0444. The van der Waals surface area contributed by atoms with Crippen LogP contribution in [0.4, 0.5) is 0 Å². The average Bonchev–Trinajstić information content (AvgIpc) is 2.76. The molecule has 0 radical (unpaired) electrons. The van der Waals surface area contributed by atoms with Gasteiger partial charge in [-0.1, -0.05) is 30.3 Å². The fourth-order valence-electron chi connectivity index (χ4n) is 1.97. The van der Waals surface area contributed by atoms with Crippen LogP contribution >= 0.6 is 38.9 Å². The second kappa shape index (κ2) is 6.20. The van der Waals surface area contributed by atoms with Crippen molar-refractivity contribution in [2.24, 2.45) is 0 Å². The van der Waals surface area contributed by atoms with Gasteiger partial charge in [-0.3, -0.25) is 0 Å². The summed E-state index contributed by atoms with van der Waals surface area (Å²) in [7, 11) is 0. The van der Waals surface area contributed by atoms with Crippen molar-refractivity contribution in [3.8, 4) is 0 Å². The number of halogens is 2. The molecule has 1 N–H and O–H groups in total. The Bertz CT molecular complexity index is 500. The number of rotatable bonds is 5. The van der Waals surface area contributed by atoms with Gasteiger partial charge in [-0.15, -0.1) is 22.9 Å². The van der Waals surface area contributed by atoms with Crippen molar-refractivity contribution in [3.05, 3.63) is 56.7 Å². The van der Waals surface area contributed by atoms with E-state index in [1.165, 1.54) is 0 Å². The van der Waals surface area contributed by atoms with E-state index >= 15 is 0 Å². The van der Waals surface area contributed by atoms with Crippen LogP contribution in [-0.4, -0.2) is 11.0 Å². The molecule has 0 saturated carbocycles. The molecule has 1 nitrogen and oxygen atoms in total. The van der Waals surface area contributed by atoms with Crippen molar-refractivity contribution in [3.63, 3.8) is 0 Å². The molecule has 0 fully saturated rings. The Balaban J connectivity index is 2.26. The third kappa shape index (κ3) is 3.35. The monoisotopic (exact) mass is 344 g/mol. The molecule has 4 heteroatoms. The maximum absolute atomic E-state index is 10.9. The number of alkyl halides is 1. The minimum atomic E-state index is -0.882. The van der Waals surface area contributed by atoms with Gasteiger partial charge in [0, 0.05) is 27.0 Å². The average molecular weight is 346 g/mol. The van der Waals surface area contributed by atoms with Crippen LogP contribution in [0.2, 0.25) is 0 Å². The van der Waals surface area contributed by atoms with Gasteiger partial charge in [0.25, 0.3) is 0 Å². The highest BCUT2D eigenvalue weighted by molar-refractivity contribution is 9.10. The second-order valence-electron chi connectivity index (χ2n) is 4.24. The number of hydrogen-bond acceptors (Lipinski definition) is 2. The lowest BCUT2D eigenvalue weighted by atomic mass is 9.87. The van der Waals surface area contributed by atoms with Crippen LogP contribution in [0.25, 0.3) is 0 Å². The summed E-state index contributed by atoms with van der Waals surface area (Å²) in [6.45, 7) is 0. The van der Waals surface area contributed by atoms with Gasteiger partial charge < -0.3 is 5.11 Å². The molecule has 1 unspecified atom stereocenters. The minimum Gasteiger partial charge on any atom is -0.385 e. The zero-order valence-electron chi connectivity index (χ0n) is 9.77. The van der Waals surface area contributed by atoms with Gasteiger partial charge in [-0.25, -0.2) is 0 Å². The van der Waals surface area contributed by atoms with Crippen molar-refractivity contribution in [1.82, 2.24) is 0 Å². The zero-order valence-corrected chi connectivity index (χ0v) is 12.9. The first-order chi connectivity index (χ1) is 8.64. The molecule has 0 amide bonds. The predicted octanol–water partition coefficient (Wildman–Crippen LogP) is 4.57. The van der Waals surface area contributed by atoms with Crippen LogP contribution in [0.15, 0.2) is 46.3 Å². The lowest BCUT2D eigenvalue weighted by Gasteiger charge is -2.27. The van der Waals surface area contributed by atoms with Gasteiger partial charge in [0.05, 0.1) is 5.60 Å². The molecule has 1 aromatic heterocycles. The Hall–Kier alpha value is -0.350. The number of thiophene rings is 1. The van der Waals surface area contributed by atoms with Crippen molar-refractivity contribution in [2.45, 2.75) is 18.4 Å². The summed E-state index contributed by atoms with van der Waals surface area (Å²) in [6, 6.07) is 11.8. The maximum atomic E-state index is 10.9. The van der Waals surface area contributed by atoms with E-state index < -0.39 is 5.60 Å². The Morgan fingerprint density at radius 1 is 1.28 bits per heavy atom. The van der Waals surface area contributed by atoms with Crippen LogP contribution in [0.3, 0.4) is 0 Å². The van der Waals surface area contributed by atoms with Gasteiger partial charge in [0.15, 0.2) is 0 Å². The summed E-state index contributed by atoms with van der Waals surface area (Å²) in [5, 5.41) is 12.9. The van der Waals surface area contributed by atoms with Crippen LogP contribution in [-0.2, 0) is 12.0 Å². The summed E-state index contributed by atoms with van der Waals surface area (Å²) in [5.74, 6) is 0.442.